The Kier molecular flexibility index (Phi) is 5.13. The number of nitrogens with zero attached hydrogens (tertiary/aromatic N) is 3. The van der Waals surface area contributed by atoms with Gasteiger partial charge < -0.3 is 9.63 Å². The number of hydrogen-bond donors (Lipinski definition) is 2. The highest BCUT2D eigenvalue weighted by Gasteiger charge is 2.45. The number of piperidine rings is 1. The lowest BCUT2D eigenvalue weighted by molar-refractivity contribution is -0.127. The van der Waals surface area contributed by atoms with Gasteiger partial charge in [0.1, 0.15) is 11.3 Å². The zero-order valence-corrected chi connectivity index (χ0v) is 17.0. The molecule has 0 aromatic carbocycles. The maximum atomic E-state index is 12.8. The van der Waals surface area contributed by atoms with Gasteiger partial charge in [-0.1, -0.05) is 5.16 Å². The molecule has 0 bridgehead atoms. The second-order valence-corrected chi connectivity index (χ2v) is 10.1. The molecule has 1 amide bonds. The third-order valence-electron chi connectivity index (χ3n) is 5.82. The molecular weight excluding hydrogens is 372 g/mol. The Morgan fingerprint density at radius 2 is 2.00 bits per heavy atom. The number of sulfonamides is 1. The van der Waals surface area contributed by atoms with E-state index in [2.05, 4.69) is 10.5 Å². The number of carbonyl (C=O) groups excluding carboxylic acids is 1. The number of likely N-dealkylation sites (N-methyl/N-ethyl adjacent to an activating group) is 1. The molecule has 9 nitrogen and oxygen atoms in total. The van der Waals surface area contributed by atoms with Crippen molar-refractivity contribution in [2.45, 2.75) is 56.7 Å². The van der Waals surface area contributed by atoms with Crippen molar-refractivity contribution in [3.05, 3.63) is 11.8 Å². The zero-order valence-electron chi connectivity index (χ0n) is 16.2. The van der Waals surface area contributed by atoms with E-state index in [-0.39, 0.29) is 17.8 Å². The highest BCUT2D eigenvalue weighted by molar-refractivity contribution is 7.88. The number of aliphatic hydroxyl groups is 1. The first-order valence-corrected chi connectivity index (χ1v) is 11.0. The Bertz CT molecular complexity index is 807. The molecule has 10 heteroatoms. The Balaban J connectivity index is 1.61. The number of anilines is 1. The average Bonchev–Trinajstić information content (AvgIpc) is 3.17. The van der Waals surface area contributed by atoms with Crippen molar-refractivity contribution >= 4 is 21.8 Å². The topological polar surface area (TPSA) is 116 Å². The van der Waals surface area contributed by atoms with Crippen LogP contribution in [0.1, 0.15) is 45.2 Å². The van der Waals surface area contributed by atoms with Crippen molar-refractivity contribution < 1.29 is 22.8 Å². The monoisotopic (exact) mass is 400 g/mol. The summed E-state index contributed by atoms with van der Waals surface area (Å²) in [6.07, 6.45) is 3.85. The zero-order chi connectivity index (χ0) is 20.0. The van der Waals surface area contributed by atoms with Crippen molar-refractivity contribution in [1.29, 1.82) is 0 Å². The molecule has 1 aromatic heterocycles. The lowest BCUT2D eigenvalue weighted by Crippen LogP contribution is -2.57. The lowest BCUT2D eigenvalue weighted by atomic mass is 9.95. The molecule has 2 N–H and O–H groups in total. The molecule has 1 aliphatic carbocycles. The van der Waals surface area contributed by atoms with Crippen LogP contribution in [-0.4, -0.2) is 71.8 Å². The van der Waals surface area contributed by atoms with Gasteiger partial charge in [-0.3, -0.25) is 15.0 Å². The molecule has 0 unspecified atom stereocenters. The van der Waals surface area contributed by atoms with Crippen molar-refractivity contribution in [3.63, 3.8) is 0 Å². The van der Waals surface area contributed by atoms with Gasteiger partial charge >= 0.3 is 0 Å². The summed E-state index contributed by atoms with van der Waals surface area (Å²) in [7, 11) is -1.30. The number of hydrogen-bond acceptors (Lipinski definition) is 7. The second-order valence-electron chi connectivity index (χ2n) is 8.13. The maximum Gasteiger partial charge on any atom is 0.246 e. The SMILES string of the molecule is CN(C1CCN(S(C)(=O)=O)CC1)C(C)(C)C(=O)Nc1cc(C2(O)CC2)no1. The molecule has 0 radical (unpaired) electrons. The Morgan fingerprint density at radius 3 is 2.52 bits per heavy atom. The normalized spacial score (nSPS) is 21.4. The molecule has 1 aromatic rings. The van der Waals surface area contributed by atoms with E-state index >= 15 is 0 Å². The van der Waals surface area contributed by atoms with Gasteiger partial charge in [-0.25, -0.2) is 12.7 Å². The van der Waals surface area contributed by atoms with Crippen molar-refractivity contribution in [3.8, 4) is 0 Å². The summed E-state index contributed by atoms with van der Waals surface area (Å²) < 4.78 is 29.9. The van der Waals surface area contributed by atoms with Crippen LogP contribution in [0.15, 0.2) is 10.6 Å². The van der Waals surface area contributed by atoms with E-state index in [4.69, 9.17) is 4.52 Å². The third-order valence-corrected chi connectivity index (χ3v) is 7.13. The third kappa shape index (κ3) is 4.18. The number of nitrogens with one attached hydrogen (secondary N) is 1. The second kappa shape index (κ2) is 6.84. The van der Waals surface area contributed by atoms with Crippen molar-refractivity contribution in [1.82, 2.24) is 14.4 Å². The van der Waals surface area contributed by atoms with E-state index < -0.39 is 21.2 Å². The van der Waals surface area contributed by atoms with E-state index in [9.17, 15) is 18.3 Å². The molecule has 3 rings (SSSR count). The van der Waals surface area contributed by atoms with Gasteiger partial charge in [-0.2, -0.15) is 0 Å². The number of rotatable bonds is 6. The summed E-state index contributed by atoms with van der Waals surface area (Å²) >= 11 is 0. The van der Waals surface area contributed by atoms with Crippen LogP contribution in [0.25, 0.3) is 0 Å². The molecule has 27 heavy (non-hydrogen) atoms. The Hall–Kier alpha value is -1.49. The van der Waals surface area contributed by atoms with Crippen LogP contribution in [0.3, 0.4) is 0 Å². The first-order chi connectivity index (χ1) is 12.4. The summed E-state index contributed by atoms with van der Waals surface area (Å²) in [6.45, 7) is 4.54. The highest BCUT2D eigenvalue weighted by Crippen LogP contribution is 2.45. The minimum absolute atomic E-state index is 0.0983. The minimum atomic E-state index is -3.18. The van der Waals surface area contributed by atoms with Gasteiger partial charge in [-0.05, 0) is 46.6 Å². The number of amides is 1. The largest absolute Gasteiger partial charge is 0.383 e. The fourth-order valence-electron chi connectivity index (χ4n) is 3.37. The van der Waals surface area contributed by atoms with Gasteiger partial charge in [-0.15, -0.1) is 0 Å². The predicted molar refractivity (Wildman–Crippen MR) is 99.5 cm³/mol. The standard InChI is InChI=1S/C17H28N4O5S/c1-16(2,20(3)12-5-9-21(10-6-12)27(4,24)25)15(22)18-14-11-13(19-26-14)17(23)7-8-17/h11-12,23H,5-10H2,1-4H3,(H,18,22). The van der Waals surface area contributed by atoms with E-state index in [1.807, 2.05) is 25.8 Å². The minimum Gasteiger partial charge on any atom is -0.383 e. The smallest absolute Gasteiger partial charge is 0.246 e. The summed E-state index contributed by atoms with van der Waals surface area (Å²) in [5.41, 5.74) is -1.30. The first-order valence-electron chi connectivity index (χ1n) is 9.12. The van der Waals surface area contributed by atoms with Crippen molar-refractivity contribution in [2.24, 2.45) is 0 Å². The van der Waals surface area contributed by atoms with Gasteiger partial charge in [0, 0.05) is 25.2 Å². The molecule has 0 spiro atoms. The predicted octanol–water partition coefficient (Wildman–Crippen LogP) is 0.729. The van der Waals surface area contributed by atoms with Crippen LogP contribution in [0.5, 0.6) is 0 Å². The summed E-state index contributed by atoms with van der Waals surface area (Å²) in [5, 5.41) is 16.6. The van der Waals surface area contributed by atoms with Crippen LogP contribution in [0.2, 0.25) is 0 Å². The van der Waals surface area contributed by atoms with Gasteiger partial charge in [0.15, 0.2) is 0 Å². The fourth-order valence-corrected chi connectivity index (χ4v) is 4.24. The fraction of sp³-hybridized carbons (Fsp3) is 0.765. The molecule has 152 valence electrons. The van der Waals surface area contributed by atoms with E-state index in [1.54, 1.807) is 6.07 Å². The molecular formula is C17H28N4O5S. The Labute approximate surface area is 159 Å². The molecule has 2 fully saturated rings. The first kappa shape index (κ1) is 20.2. The van der Waals surface area contributed by atoms with Crippen LogP contribution >= 0.6 is 0 Å². The summed E-state index contributed by atoms with van der Waals surface area (Å²) in [5.74, 6) is -0.0373. The molecule has 2 aliphatic rings. The summed E-state index contributed by atoms with van der Waals surface area (Å²) in [6, 6.07) is 1.66. The van der Waals surface area contributed by atoms with Gasteiger partial charge in [0.2, 0.25) is 21.8 Å². The molecule has 1 saturated heterocycles. The number of aromatic nitrogens is 1. The molecule has 2 heterocycles. The maximum absolute atomic E-state index is 12.8. The quantitative estimate of drug-likeness (QED) is 0.723. The molecule has 1 saturated carbocycles. The van der Waals surface area contributed by atoms with Gasteiger partial charge in [0.05, 0.1) is 11.8 Å². The van der Waals surface area contributed by atoms with Gasteiger partial charge in [0.25, 0.3) is 0 Å². The molecule has 1 aliphatic heterocycles. The lowest BCUT2D eigenvalue weighted by Gasteiger charge is -2.43. The van der Waals surface area contributed by atoms with E-state index in [1.165, 1.54) is 10.6 Å². The summed E-state index contributed by atoms with van der Waals surface area (Å²) in [4.78, 5) is 14.8. The van der Waals surface area contributed by atoms with Crippen LogP contribution in [0.4, 0.5) is 5.88 Å². The van der Waals surface area contributed by atoms with Crippen LogP contribution in [0, 0.1) is 0 Å². The molecule has 0 atom stereocenters. The van der Waals surface area contributed by atoms with Crippen LogP contribution in [-0.2, 0) is 20.4 Å². The highest BCUT2D eigenvalue weighted by atomic mass is 32.2. The van der Waals surface area contributed by atoms with E-state index in [0.717, 1.165) is 0 Å². The number of carbonyl (C=O) groups is 1. The van der Waals surface area contributed by atoms with Crippen molar-refractivity contribution in [2.75, 3.05) is 31.7 Å². The Morgan fingerprint density at radius 1 is 1.41 bits per heavy atom. The van der Waals surface area contributed by atoms with E-state index in [0.29, 0.717) is 44.5 Å². The van der Waals surface area contributed by atoms with Crippen LogP contribution < -0.4 is 5.32 Å². The average molecular weight is 401 g/mol.